The van der Waals surface area contributed by atoms with Crippen LogP contribution in [0.15, 0.2) is 0 Å². The van der Waals surface area contributed by atoms with Gasteiger partial charge in [-0.3, -0.25) is 4.79 Å². The number of aliphatic hydroxyl groups is 2. The number of carbonyl (C=O) groups excluding carboxylic acids is 2. The van der Waals surface area contributed by atoms with Gasteiger partial charge in [-0.2, -0.15) is 0 Å². The van der Waals surface area contributed by atoms with Gasteiger partial charge in [0.25, 0.3) is 0 Å². The lowest BCUT2D eigenvalue weighted by Gasteiger charge is -2.62. The third-order valence-electron chi connectivity index (χ3n) is 10.7. The van der Waals surface area contributed by atoms with Gasteiger partial charge in [0.2, 0.25) is 0 Å². The predicted octanol–water partition coefficient (Wildman–Crippen LogP) is 5.09. The Balaban J connectivity index is 1.42. The van der Waals surface area contributed by atoms with E-state index in [2.05, 4.69) is 20.8 Å². The first-order valence-electron chi connectivity index (χ1n) is 13.3. The topological polar surface area (TPSA) is 93.1 Å². The summed E-state index contributed by atoms with van der Waals surface area (Å²) in [7, 11) is 0. The fourth-order valence-corrected chi connectivity index (χ4v) is 9.01. The molecule has 4 aliphatic carbocycles. The number of rotatable bonds is 5. The summed E-state index contributed by atoms with van der Waals surface area (Å²) >= 11 is 0. The van der Waals surface area contributed by atoms with E-state index in [0.29, 0.717) is 41.9 Å². The Bertz CT molecular complexity index is 738. The number of fused-ring (bicyclic) bond motifs is 5. The van der Waals surface area contributed by atoms with Gasteiger partial charge in [-0.1, -0.05) is 20.8 Å². The Morgan fingerprint density at radius 3 is 2.42 bits per heavy atom. The Morgan fingerprint density at radius 2 is 1.70 bits per heavy atom. The van der Waals surface area contributed by atoms with Crippen molar-refractivity contribution >= 4 is 12.1 Å². The summed E-state index contributed by atoms with van der Waals surface area (Å²) in [5.41, 5.74) is 0.426. The van der Waals surface area contributed by atoms with E-state index in [-0.39, 0.29) is 36.1 Å². The van der Waals surface area contributed by atoms with Gasteiger partial charge < -0.3 is 19.7 Å². The molecule has 0 unspecified atom stereocenters. The van der Waals surface area contributed by atoms with Crippen LogP contribution in [0.3, 0.4) is 0 Å². The van der Waals surface area contributed by atoms with Gasteiger partial charge in [-0.15, -0.1) is 0 Å². The van der Waals surface area contributed by atoms with Crippen molar-refractivity contribution in [1.82, 2.24) is 0 Å². The fraction of sp³-hybridized carbons (Fsp3) is 0.926. The van der Waals surface area contributed by atoms with Crippen molar-refractivity contribution in [1.29, 1.82) is 0 Å². The second-order valence-corrected chi connectivity index (χ2v) is 12.1. The normalized spacial score (nSPS) is 45.3. The molecular weight excluding hydrogens is 420 g/mol. The minimum atomic E-state index is -0.908. The zero-order valence-corrected chi connectivity index (χ0v) is 20.9. The smallest absolute Gasteiger partial charge is 0.434 e. The maximum atomic E-state index is 12.1. The van der Waals surface area contributed by atoms with Crippen molar-refractivity contribution in [2.75, 3.05) is 6.61 Å². The number of ether oxygens (including phenoxy) is 2. The number of hydrogen-bond acceptors (Lipinski definition) is 6. The molecule has 6 heteroatoms. The molecule has 6 nitrogen and oxygen atoms in total. The monoisotopic (exact) mass is 464 g/mol. The molecule has 4 rings (SSSR count). The Kier molecular flexibility index (Phi) is 7.18. The van der Waals surface area contributed by atoms with Crippen LogP contribution in [0.2, 0.25) is 0 Å². The number of carbonyl (C=O) groups is 2. The van der Waals surface area contributed by atoms with Crippen molar-refractivity contribution in [3.8, 4) is 0 Å². The molecule has 4 saturated carbocycles. The fourth-order valence-electron chi connectivity index (χ4n) is 9.01. The highest BCUT2D eigenvalue weighted by atomic mass is 16.7. The number of esters is 1. The van der Waals surface area contributed by atoms with Crippen LogP contribution in [0, 0.1) is 46.3 Å². The van der Waals surface area contributed by atoms with Crippen LogP contribution in [-0.4, -0.2) is 41.2 Å². The van der Waals surface area contributed by atoms with Gasteiger partial charge in [0.1, 0.15) is 0 Å². The molecular formula is C27H44O6. The zero-order valence-electron chi connectivity index (χ0n) is 20.9. The van der Waals surface area contributed by atoms with Gasteiger partial charge in [-0.05, 0) is 111 Å². The van der Waals surface area contributed by atoms with E-state index in [4.69, 9.17) is 9.47 Å². The van der Waals surface area contributed by atoms with Crippen molar-refractivity contribution in [3.05, 3.63) is 0 Å². The lowest BCUT2D eigenvalue weighted by atomic mass is 9.43. The van der Waals surface area contributed by atoms with E-state index in [1.165, 1.54) is 6.42 Å². The zero-order chi connectivity index (χ0) is 24.0. The molecule has 0 aromatic carbocycles. The van der Waals surface area contributed by atoms with Crippen molar-refractivity contribution < 1.29 is 29.3 Å². The molecule has 2 N–H and O–H groups in total. The number of aliphatic hydroxyl groups excluding tert-OH is 2. The van der Waals surface area contributed by atoms with Crippen LogP contribution >= 0.6 is 0 Å². The van der Waals surface area contributed by atoms with Gasteiger partial charge >= 0.3 is 12.1 Å². The Labute approximate surface area is 198 Å². The SMILES string of the molecule is CCOC(=O)OC(=O)CC[C@@H](C)[C@H]1CC[C@H]2[C@@H]3[C@@H](O)C[C@@H]4C[C@H](O)CC[C@]4(C)[C@H]3CC[C@]12C. The van der Waals surface area contributed by atoms with E-state index in [1.807, 2.05) is 0 Å². The minimum absolute atomic E-state index is 0.185. The molecule has 0 aromatic heterocycles. The molecule has 188 valence electrons. The van der Waals surface area contributed by atoms with Crippen molar-refractivity contribution in [2.45, 2.75) is 104 Å². The van der Waals surface area contributed by atoms with Gasteiger partial charge in [-0.25, -0.2) is 4.79 Å². The molecule has 4 aliphatic rings. The standard InChI is InChI=1S/C27H44O6/c1-5-32-25(31)33-23(30)9-6-16(2)19-7-8-20-24-21(11-13-27(19,20)4)26(3)12-10-18(28)14-17(26)15-22(24)29/h16-22,24,28-29H,5-15H2,1-4H3/t16-,17+,18-,19-,20+,21+,22+,24+,26+,27-/m1/s1. The van der Waals surface area contributed by atoms with Crippen LogP contribution < -0.4 is 0 Å². The Hall–Kier alpha value is -1.14. The first-order valence-corrected chi connectivity index (χ1v) is 13.3. The lowest BCUT2D eigenvalue weighted by molar-refractivity contribution is -0.174. The highest BCUT2D eigenvalue weighted by Crippen LogP contribution is 2.68. The van der Waals surface area contributed by atoms with Crippen LogP contribution in [0.25, 0.3) is 0 Å². The summed E-state index contributed by atoms with van der Waals surface area (Å²) in [4.78, 5) is 23.5. The highest BCUT2D eigenvalue weighted by molar-refractivity contribution is 5.81. The maximum absolute atomic E-state index is 12.1. The quantitative estimate of drug-likeness (QED) is 0.435. The summed E-state index contributed by atoms with van der Waals surface area (Å²) in [6, 6.07) is 0. The van der Waals surface area contributed by atoms with Crippen LogP contribution in [0.4, 0.5) is 4.79 Å². The average molecular weight is 465 g/mol. The molecule has 0 heterocycles. The largest absolute Gasteiger partial charge is 0.516 e. The third-order valence-corrected chi connectivity index (χ3v) is 10.7. The maximum Gasteiger partial charge on any atom is 0.516 e. The van der Waals surface area contributed by atoms with E-state index >= 15 is 0 Å². The molecule has 0 aromatic rings. The van der Waals surface area contributed by atoms with E-state index in [0.717, 1.165) is 44.9 Å². The van der Waals surface area contributed by atoms with Crippen LogP contribution in [-0.2, 0) is 14.3 Å². The van der Waals surface area contributed by atoms with Gasteiger partial charge in [0.15, 0.2) is 0 Å². The molecule has 0 spiro atoms. The predicted molar refractivity (Wildman–Crippen MR) is 124 cm³/mol. The molecule has 0 radical (unpaired) electrons. The molecule has 0 amide bonds. The summed E-state index contributed by atoms with van der Waals surface area (Å²) in [5.74, 6) is 2.23. The Morgan fingerprint density at radius 1 is 1.00 bits per heavy atom. The molecule has 0 aliphatic heterocycles. The summed E-state index contributed by atoms with van der Waals surface area (Å²) in [6.45, 7) is 8.99. The molecule has 33 heavy (non-hydrogen) atoms. The summed E-state index contributed by atoms with van der Waals surface area (Å²) < 4.78 is 9.44. The van der Waals surface area contributed by atoms with Crippen LogP contribution in [0.1, 0.15) is 91.9 Å². The van der Waals surface area contributed by atoms with Crippen molar-refractivity contribution in [3.63, 3.8) is 0 Å². The van der Waals surface area contributed by atoms with Gasteiger partial charge in [0, 0.05) is 6.42 Å². The average Bonchev–Trinajstić information content (AvgIpc) is 3.10. The molecule has 4 fully saturated rings. The van der Waals surface area contributed by atoms with Gasteiger partial charge in [0.05, 0.1) is 18.8 Å². The lowest BCUT2D eigenvalue weighted by Crippen LogP contribution is -2.58. The second kappa shape index (κ2) is 9.49. The molecule has 0 saturated heterocycles. The van der Waals surface area contributed by atoms with E-state index in [9.17, 15) is 19.8 Å². The first kappa shape index (κ1) is 25.0. The third kappa shape index (κ3) is 4.47. The van der Waals surface area contributed by atoms with Crippen molar-refractivity contribution in [2.24, 2.45) is 46.3 Å². The molecule has 10 atom stereocenters. The summed E-state index contributed by atoms with van der Waals surface area (Å²) in [5, 5.41) is 21.6. The van der Waals surface area contributed by atoms with Crippen LogP contribution in [0.5, 0.6) is 0 Å². The number of hydrogen-bond donors (Lipinski definition) is 2. The summed E-state index contributed by atoms with van der Waals surface area (Å²) in [6.07, 6.45) is 7.86. The minimum Gasteiger partial charge on any atom is -0.434 e. The first-order chi connectivity index (χ1) is 15.6. The highest BCUT2D eigenvalue weighted by Gasteiger charge is 2.62. The van der Waals surface area contributed by atoms with E-state index < -0.39 is 12.1 Å². The second-order valence-electron chi connectivity index (χ2n) is 12.1. The molecule has 0 bridgehead atoms. The van der Waals surface area contributed by atoms with E-state index in [1.54, 1.807) is 6.92 Å².